The molecule has 3 rings (SSSR count). The number of nitrogens with zero attached hydrogens (tertiary/aromatic N) is 6. The minimum Gasteiger partial charge on any atom is -0.375 e. The fourth-order valence-electron chi connectivity index (χ4n) is 2.82. The maximum Gasteiger partial charge on any atom is 0.353 e. The largest absolute Gasteiger partial charge is 0.375 e. The number of hydroxylamine groups is 1. The predicted octanol–water partition coefficient (Wildman–Crippen LogP) is 2.44. The molecule has 3 N–H and O–H groups in total. The summed E-state index contributed by atoms with van der Waals surface area (Å²) in [5.41, 5.74) is 6.98. The highest BCUT2D eigenvalue weighted by atomic mass is 35.5. The average molecular weight is 461 g/mol. The van der Waals surface area contributed by atoms with E-state index in [1.165, 1.54) is 30.1 Å². The van der Waals surface area contributed by atoms with Gasteiger partial charge in [-0.1, -0.05) is 17.7 Å². The zero-order valence-corrected chi connectivity index (χ0v) is 18.3. The molecule has 0 bridgehead atoms. The van der Waals surface area contributed by atoms with Gasteiger partial charge in [0.25, 0.3) is 11.9 Å². The molecule has 0 fully saturated rings. The van der Waals surface area contributed by atoms with Crippen LogP contribution in [0.5, 0.6) is 0 Å². The van der Waals surface area contributed by atoms with Crippen molar-refractivity contribution in [1.29, 1.82) is 0 Å². The van der Waals surface area contributed by atoms with Crippen molar-refractivity contribution in [2.75, 3.05) is 24.1 Å². The van der Waals surface area contributed by atoms with Gasteiger partial charge in [0.05, 0.1) is 41.5 Å². The van der Waals surface area contributed by atoms with Gasteiger partial charge in [-0.2, -0.15) is 5.10 Å². The number of anilines is 2. The van der Waals surface area contributed by atoms with Crippen LogP contribution >= 0.6 is 11.6 Å². The number of aryl methyl sites for hydroxylation is 1. The molecule has 0 saturated carbocycles. The number of hydrogen-bond donors (Lipinski definition) is 2. The summed E-state index contributed by atoms with van der Waals surface area (Å²) >= 11 is 6.01. The van der Waals surface area contributed by atoms with Gasteiger partial charge in [-0.3, -0.25) is 9.63 Å². The van der Waals surface area contributed by atoms with Crippen LogP contribution in [0.2, 0.25) is 5.15 Å². The lowest BCUT2D eigenvalue weighted by Gasteiger charge is -2.22. The van der Waals surface area contributed by atoms with Crippen LogP contribution in [0.3, 0.4) is 0 Å². The van der Waals surface area contributed by atoms with Crippen molar-refractivity contribution < 1.29 is 19.2 Å². The fraction of sp³-hybridized carbons (Fsp3) is 0.263. The van der Waals surface area contributed by atoms with Crippen LogP contribution in [0.25, 0.3) is 5.65 Å². The first kappa shape index (κ1) is 23.1. The summed E-state index contributed by atoms with van der Waals surface area (Å²) in [5, 5.41) is 7.97. The topological polar surface area (TPSA) is 150 Å². The van der Waals surface area contributed by atoms with E-state index in [9.17, 15) is 9.59 Å². The van der Waals surface area contributed by atoms with Crippen LogP contribution in [-0.2, 0) is 9.57 Å². The van der Waals surface area contributed by atoms with Crippen molar-refractivity contribution in [2.24, 2.45) is 5.73 Å². The van der Waals surface area contributed by atoms with Gasteiger partial charge in [0.1, 0.15) is 0 Å². The number of amides is 3. The molecule has 13 heteroatoms. The number of primary amides is 1. The summed E-state index contributed by atoms with van der Waals surface area (Å²) in [6, 6.07) is 0.845. The Balaban J connectivity index is 2.00. The number of urea groups is 1. The molecule has 3 aromatic rings. The quantitative estimate of drug-likeness (QED) is 0.384. The number of nitrogens with two attached hydrogens (primary N) is 1. The number of nitrogens with one attached hydrogen (secondary N) is 1. The van der Waals surface area contributed by atoms with Crippen LogP contribution in [0, 0.1) is 6.92 Å². The number of halogens is 1. The number of rotatable bonds is 8. The van der Waals surface area contributed by atoms with Gasteiger partial charge in [0.15, 0.2) is 10.8 Å². The van der Waals surface area contributed by atoms with E-state index in [-0.39, 0.29) is 29.0 Å². The third kappa shape index (κ3) is 4.66. The van der Waals surface area contributed by atoms with E-state index in [0.29, 0.717) is 17.0 Å². The molecule has 0 spiro atoms. The van der Waals surface area contributed by atoms with E-state index in [4.69, 9.17) is 26.9 Å². The Labute approximate surface area is 188 Å². The molecule has 0 radical (unpaired) electrons. The van der Waals surface area contributed by atoms with Gasteiger partial charge in [-0.25, -0.2) is 24.3 Å². The lowest BCUT2D eigenvalue weighted by atomic mass is 10.2. The number of carbonyl (C=O) groups excluding carboxylic acids is 2. The molecule has 0 saturated heterocycles. The molecule has 0 aliphatic heterocycles. The Morgan fingerprint density at radius 1 is 1.41 bits per heavy atom. The van der Waals surface area contributed by atoms with Gasteiger partial charge in [0, 0.05) is 19.4 Å². The van der Waals surface area contributed by atoms with Crippen LogP contribution in [0.15, 0.2) is 31.1 Å². The van der Waals surface area contributed by atoms with Crippen molar-refractivity contribution in [3.8, 4) is 0 Å². The number of aromatic nitrogens is 5. The van der Waals surface area contributed by atoms with E-state index in [1.54, 1.807) is 19.9 Å². The van der Waals surface area contributed by atoms with Gasteiger partial charge in [0.2, 0.25) is 0 Å². The van der Waals surface area contributed by atoms with Gasteiger partial charge in [-0.05, 0) is 13.8 Å². The number of ether oxygens (including phenoxy) is 1. The molecule has 3 heterocycles. The Morgan fingerprint density at radius 2 is 2.16 bits per heavy atom. The zero-order valence-electron chi connectivity index (χ0n) is 17.6. The second-order valence-electron chi connectivity index (χ2n) is 6.51. The van der Waals surface area contributed by atoms with Crippen LogP contribution in [-0.4, -0.2) is 50.2 Å². The fourth-order valence-corrected chi connectivity index (χ4v) is 2.99. The minimum atomic E-state index is -0.734. The third-order valence-corrected chi connectivity index (χ3v) is 4.58. The standard InChI is InChI=1S/C19H21ClN8O4/c1-5-6-32-28(18-23-8-12(17(21)29)10(2)24-18)19(30)25-13-9-22-15-7-14(20)26-27(15)16(13)11(3)31-4/h5,7-9,11H,1,6H2,2-4H3,(H2,21,29)(H,25,30)/t11-/m0/s1. The molecule has 32 heavy (non-hydrogen) atoms. The van der Waals surface area contributed by atoms with E-state index in [1.807, 2.05) is 0 Å². The van der Waals surface area contributed by atoms with Crippen molar-refractivity contribution >= 4 is 40.8 Å². The summed E-state index contributed by atoms with van der Waals surface area (Å²) in [6.45, 7) is 6.90. The highest BCUT2D eigenvalue weighted by molar-refractivity contribution is 6.29. The number of fused-ring (bicyclic) bond motifs is 1. The Bertz CT molecular complexity index is 1180. The molecule has 0 aliphatic rings. The molecular formula is C19H21ClN8O4. The second-order valence-corrected chi connectivity index (χ2v) is 6.90. The molecule has 12 nitrogen and oxygen atoms in total. The lowest BCUT2D eigenvalue weighted by Crippen LogP contribution is -2.37. The molecule has 168 valence electrons. The van der Waals surface area contributed by atoms with Crippen molar-refractivity contribution in [1.82, 2.24) is 24.6 Å². The average Bonchev–Trinajstić information content (AvgIpc) is 3.13. The molecule has 1 atom stereocenters. The Kier molecular flexibility index (Phi) is 6.98. The molecule has 0 aromatic carbocycles. The molecule has 0 unspecified atom stereocenters. The zero-order chi connectivity index (χ0) is 23.4. The highest BCUT2D eigenvalue weighted by Gasteiger charge is 2.25. The predicted molar refractivity (Wildman–Crippen MR) is 116 cm³/mol. The van der Waals surface area contributed by atoms with Crippen molar-refractivity contribution in [3.05, 3.63) is 53.2 Å². The molecule has 3 aromatic heterocycles. The number of methoxy groups -OCH3 is 1. The Morgan fingerprint density at radius 3 is 2.78 bits per heavy atom. The smallest absolute Gasteiger partial charge is 0.353 e. The van der Waals surface area contributed by atoms with E-state index >= 15 is 0 Å². The van der Waals surface area contributed by atoms with Gasteiger partial charge >= 0.3 is 6.03 Å². The first-order chi connectivity index (χ1) is 15.3. The summed E-state index contributed by atoms with van der Waals surface area (Å²) in [7, 11) is 1.52. The highest BCUT2D eigenvalue weighted by Crippen LogP contribution is 2.27. The summed E-state index contributed by atoms with van der Waals surface area (Å²) in [6.07, 6.45) is 3.64. The lowest BCUT2D eigenvalue weighted by molar-refractivity contribution is 0.0998. The van der Waals surface area contributed by atoms with Crippen LogP contribution in [0.1, 0.15) is 34.8 Å². The van der Waals surface area contributed by atoms with Gasteiger partial charge in [-0.15, -0.1) is 11.6 Å². The normalized spacial score (nSPS) is 11.9. The first-order valence-electron chi connectivity index (χ1n) is 9.32. The number of hydrogen-bond acceptors (Lipinski definition) is 8. The van der Waals surface area contributed by atoms with Crippen LogP contribution < -0.4 is 16.1 Å². The molecule has 0 aliphatic carbocycles. The summed E-state index contributed by atoms with van der Waals surface area (Å²) < 4.78 is 6.90. The molecule has 3 amide bonds. The van der Waals surface area contributed by atoms with E-state index in [2.05, 4.69) is 31.9 Å². The Hall–Kier alpha value is -3.61. The monoisotopic (exact) mass is 460 g/mol. The summed E-state index contributed by atoms with van der Waals surface area (Å²) in [5.74, 6) is -0.795. The molecular weight excluding hydrogens is 440 g/mol. The maximum atomic E-state index is 13.1. The van der Waals surface area contributed by atoms with Gasteiger partial charge < -0.3 is 15.8 Å². The third-order valence-electron chi connectivity index (χ3n) is 4.39. The first-order valence-corrected chi connectivity index (χ1v) is 9.70. The van der Waals surface area contributed by atoms with Crippen molar-refractivity contribution in [3.63, 3.8) is 0 Å². The van der Waals surface area contributed by atoms with E-state index < -0.39 is 18.0 Å². The van der Waals surface area contributed by atoms with Crippen LogP contribution in [0.4, 0.5) is 16.4 Å². The number of carbonyl (C=O) groups is 2. The maximum absolute atomic E-state index is 13.1. The SMILES string of the molecule is C=CCON(C(=O)Nc1cnc2cc(Cl)nn2c1[C@H](C)OC)c1ncc(C(N)=O)c(C)n1. The van der Waals surface area contributed by atoms with Crippen molar-refractivity contribution in [2.45, 2.75) is 20.0 Å². The summed E-state index contributed by atoms with van der Waals surface area (Å²) in [4.78, 5) is 42.5. The van der Waals surface area contributed by atoms with E-state index in [0.717, 1.165) is 5.06 Å². The second kappa shape index (κ2) is 9.68. The minimum absolute atomic E-state index is 0.0131.